The Labute approximate surface area is 113 Å². The lowest BCUT2D eigenvalue weighted by molar-refractivity contribution is -0.137. The molecule has 2 aromatic rings. The number of hydrogen-bond donors (Lipinski definition) is 0. The summed E-state index contributed by atoms with van der Waals surface area (Å²) < 4.78 is 42.5. The van der Waals surface area contributed by atoms with E-state index >= 15 is 0 Å². The molecule has 20 heavy (non-hydrogen) atoms. The van der Waals surface area contributed by atoms with Crippen LogP contribution in [0.5, 0.6) is 0 Å². The Morgan fingerprint density at radius 2 is 1.65 bits per heavy atom. The van der Waals surface area contributed by atoms with Gasteiger partial charge in [-0.1, -0.05) is 24.3 Å². The van der Waals surface area contributed by atoms with Crippen LogP contribution in [0.2, 0.25) is 0 Å². The van der Waals surface area contributed by atoms with E-state index in [0.29, 0.717) is 16.7 Å². The minimum absolute atomic E-state index is 0.350. The summed E-state index contributed by atoms with van der Waals surface area (Å²) in [5.74, 6) is -0.486. The molecule has 0 fully saturated rings. The summed E-state index contributed by atoms with van der Waals surface area (Å²) in [6.45, 7) is 0. The molecule has 0 bridgehead atoms. The highest BCUT2D eigenvalue weighted by Gasteiger charge is 2.30. The zero-order valence-electron chi connectivity index (χ0n) is 10.6. The number of hydrogen-bond acceptors (Lipinski definition) is 2. The number of carbonyl (C=O) groups is 1. The van der Waals surface area contributed by atoms with Crippen molar-refractivity contribution in [3.05, 3.63) is 59.7 Å². The average Bonchev–Trinajstić information content (AvgIpc) is 2.46. The van der Waals surface area contributed by atoms with Gasteiger partial charge in [-0.3, -0.25) is 0 Å². The molecule has 0 N–H and O–H groups in total. The first kappa shape index (κ1) is 14.1. The third-order valence-electron chi connectivity index (χ3n) is 2.83. The normalized spacial score (nSPS) is 11.2. The van der Waals surface area contributed by atoms with E-state index in [2.05, 4.69) is 4.74 Å². The maximum atomic E-state index is 12.6. The molecule has 0 aliphatic heterocycles. The van der Waals surface area contributed by atoms with Crippen LogP contribution in [-0.4, -0.2) is 13.1 Å². The van der Waals surface area contributed by atoms with Gasteiger partial charge in [-0.05, 0) is 35.4 Å². The predicted octanol–water partition coefficient (Wildman–Crippen LogP) is 4.16. The Morgan fingerprint density at radius 1 is 1.00 bits per heavy atom. The summed E-state index contributed by atoms with van der Waals surface area (Å²) in [6, 6.07) is 11.2. The highest BCUT2D eigenvalue weighted by molar-refractivity contribution is 5.89. The zero-order chi connectivity index (χ0) is 14.8. The Hall–Kier alpha value is -2.30. The molecule has 0 aliphatic carbocycles. The van der Waals surface area contributed by atoms with Gasteiger partial charge in [0, 0.05) is 0 Å². The minimum atomic E-state index is -4.37. The summed E-state index contributed by atoms with van der Waals surface area (Å²) in [7, 11) is 1.27. The first-order valence-electron chi connectivity index (χ1n) is 5.78. The first-order valence-corrected chi connectivity index (χ1v) is 5.78. The lowest BCUT2D eigenvalue weighted by Crippen LogP contribution is -2.04. The van der Waals surface area contributed by atoms with Crippen molar-refractivity contribution in [1.29, 1.82) is 0 Å². The van der Waals surface area contributed by atoms with Crippen LogP contribution in [0.1, 0.15) is 15.9 Å². The van der Waals surface area contributed by atoms with Crippen molar-refractivity contribution in [1.82, 2.24) is 0 Å². The summed E-state index contributed by atoms with van der Waals surface area (Å²) >= 11 is 0. The van der Waals surface area contributed by atoms with Crippen molar-refractivity contribution >= 4 is 5.97 Å². The third-order valence-corrected chi connectivity index (χ3v) is 2.83. The molecule has 0 atom stereocenters. The van der Waals surface area contributed by atoms with Crippen LogP contribution in [0.15, 0.2) is 48.5 Å². The average molecular weight is 280 g/mol. The molecule has 2 aromatic carbocycles. The molecule has 0 saturated heterocycles. The highest BCUT2D eigenvalue weighted by Crippen LogP contribution is 2.32. The second-order valence-electron chi connectivity index (χ2n) is 4.15. The first-order chi connectivity index (χ1) is 9.41. The van der Waals surface area contributed by atoms with Gasteiger partial charge in [0.25, 0.3) is 0 Å². The number of esters is 1. The molecule has 0 heterocycles. The molecule has 2 rings (SSSR count). The van der Waals surface area contributed by atoms with Crippen molar-refractivity contribution in [3.63, 3.8) is 0 Å². The highest BCUT2D eigenvalue weighted by atomic mass is 19.4. The van der Waals surface area contributed by atoms with E-state index < -0.39 is 17.7 Å². The number of methoxy groups -OCH3 is 1. The van der Waals surface area contributed by atoms with E-state index in [9.17, 15) is 18.0 Å². The quantitative estimate of drug-likeness (QED) is 0.772. The fraction of sp³-hybridized carbons (Fsp3) is 0.133. The van der Waals surface area contributed by atoms with Crippen LogP contribution in [-0.2, 0) is 10.9 Å². The maximum Gasteiger partial charge on any atom is 0.416 e. The molecule has 0 spiro atoms. The maximum absolute atomic E-state index is 12.6. The van der Waals surface area contributed by atoms with E-state index in [4.69, 9.17) is 0 Å². The van der Waals surface area contributed by atoms with Crippen molar-refractivity contribution in [2.24, 2.45) is 0 Å². The van der Waals surface area contributed by atoms with Gasteiger partial charge in [0.15, 0.2) is 0 Å². The number of carbonyl (C=O) groups excluding carboxylic acids is 1. The smallest absolute Gasteiger partial charge is 0.416 e. The van der Waals surface area contributed by atoms with E-state index in [1.54, 1.807) is 18.2 Å². The fourth-order valence-electron chi connectivity index (χ4n) is 1.79. The molecule has 0 saturated carbocycles. The van der Waals surface area contributed by atoms with Gasteiger partial charge in [0.2, 0.25) is 0 Å². The molecular formula is C15H11F3O2. The van der Waals surface area contributed by atoms with Gasteiger partial charge in [-0.2, -0.15) is 13.2 Å². The summed E-state index contributed by atoms with van der Waals surface area (Å²) in [5.41, 5.74) is 0.690. The summed E-state index contributed by atoms with van der Waals surface area (Å²) in [5, 5.41) is 0. The Balaban J connectivity index is 2.35. The number of alkyl halides is 3. The van der Waals surface area contributed by atoms with Crippen molar-refractivity contribution in [2.45, 2.75) is 6.18 Å². The van der Waals surface area contributed by atoms with Gasteiger partial charge < -0.3 is 4.74 Å². The predicted molar refractivity (Wildman–Crippen MR) is 68.2 cm³/mol. The van der Waals surface area contributed by atoms with Gasteiger partial charge in [-0.15, -0.1) is 0 Å². The van der Waals surface area contributed by atoms with Gasteiger partial charge in [0.05, 0.1) is 18.2 Å². The largest absolute Gasteiger partial charge is 0.465 e. The van der Waals surface area contributed by atoms with Gasteiger partial charge in [0.1, 0.15) is 0 Å². The minimum Gasteiger partial charge on any atom is -0.465 e. The van der Waals surface area contributed by atoms with Crippen molar-refractivity contribution in [3.8, 4) is 11.1 Å². The monoisotopic (exact) mass is 280 g/mol. The second-order valence-corrected chi connectivity index (χ2v) is 4.15. The lowest BCUT2D eigenvalue weighted by Gasteiger charge is -2.09. The van der Waals surface area contributed by atoms with Crippen LogP contribution in [0, 0.1) is 0 Å². The van der Waals surface area contributed by atoms with Gasteiger partial charge >= 0.3 is 12.1 Å². The number of halogens is 3. The lowest BCUT2D eigenvalue weighted by atomic mass is 10.0. The molecule has 0 amide bonds. The standard InChI is InChI=1S/C15H11F3O2/c1-20-14(19)11-7-5-10(6-8-11)12-3-2-4-13(9-12)15(16,17)18/h2-9H,1H3. The molecule has 104 valence electrons. The molecular weight excluding hydrogens is 269 g/mol. The molecule has 5 heteroatoms. The zero-order valence-corrected chi connectivity index (χ0v) is 10.6. The molecule has 0 unspecified atom stereocenters. The second kappa shape index (κ2) is 5.36. The van der Waals surface area contributed by atoms with E-state index in [-0.39, 0.29) is 0 Å². The van der Waals surface area contributed by atoms with Crippen molar-refractivity contribution < 1.29 is 22.7 Å². The topological polar surface area (TPSA) is 26.3 Å². The van der Waals surface area contributed by atoms with Crippen LogP contribution in [0.3, 0.4) is 0 Å². The molecule has 0 radical (unpaired) electrons. The van der Waals surface area contributed by atoms with Crippen LogP contribution < -0.4 is 0 Å². The number of ether oxygens (including phenoxy) is 1. The Kier molecular flexibility index (Phi) is 3.79. The Morgan fingerprint density at radius 3 is 2.20 bits per heavy atom. The number of rotatable bonds is 2. The van der Waals surface area contributed by atoms with Crippen LogP contribution in [0.4, 0.5) is 13.2 Å². The van der Waals surface area contributed by atoms with E-state index in [0.717, 1.165) is 12.1 Å². The molecule has 0 aliphatic rings. The third kappa shape index (κ3) is 2.99. The van der Waals surface area contributed by atoms with Crippen molar-refractivity contribution in [2.75, 3.05) is 7.11 Å². The molecule has 2 nitrogen and oxygen atoms in total. The van der Waals surface area contributed by atoms with Gasteiger partial charge in [-0.25, -0.2) is 4.79 Å². The van der Waals surface area contributed by atoms with Crippen LogP contribution in [0.25, 0.3) is 11.1 Å². The molecule has 0 aromatic heterocycles. The SMILES string of the molecule is COC(=O)c1ccc(-c2cccc(C(F)(F)F)c2)cc1. The van der Waals surface area contributed by atoms with Crippen LogP contribution >= 0.6 is 0 Å². The number of benzene rings is 2. The summed E-state index contributed by atoms with van der Waals surface area (Å²) in [4.78, 5) is 11.3. The summed E-state index contributed by atoms with van der Waals surface area (Å²) in [6.07, 6.45) is -4.37. The van der Waals surface area contributed by atoms with E-state index in [1.807, 2.05) is 0 Å². The van der Waals surface area contributed by atoms with E-state index in [1.165, 1.54) is 25.3 Å². The Bertz CT molecular complexity index is 616. The fourth-order valence-corrected chi connectivity index (χ4v) is 1.79.